The minimum atomic E-state index is -0.199. The number of aromatic amines is 1. The summed E-state index contributed by atoms with van der Waals surface area (Å²) in [5.74, 6) is 0.583. The summed E-state index contributed by atoms with van der Waals surface area (Å²) in [7, 11) is 1.64. The van der Waals surface area contributed by atoms with Crippen LogP contribution in [0, 0.1) is 20.8 Å². The molecule has 0 unspecified atom stereocenters. The number of ketones is 1. The first-order valence-electron chi connectivity index (χ1n) is 7.97. The van der Waals surface area contributed by atoms with Crippen molar-refractivity contribution in [3.05, 3.63) is 51.8 Å². The first kappa shape index (κ1) is 17.8. The highest BCUT2D eigenvalue weighted by molar-refractivity contribution is 6.02. The molecule has 0 aliphatic rings. The molecule has 1 heterocycles. The predicted octanol–water partition coefficient (Wildman–Crippen LogP) is 3.12. The number of H-pyrrole nitrogens is 1. The van der Waals surface area contributed by atoms with Crippen molar-refractivity contribution in [1.82, 2.24) is 10.3 Å². The molecule has 0 spiro atoms. The average molecular weight is 328 g/mol. The standard InChI is InChI=1S/C19H24N2O3/c1-11-6-7-16(24-5)15(10-11)8-9-20-19(23)18-12(2)17(14(4)22)13(3)21-18/h6-7,10,21H,8-9H2,1-5H3,(H,20,23). The Kier molecular flexibility index (Phi) is 5.44. The molecule has 128 valence electrons. The van der Waals surface area contributed by atoms with Crippen molar-refractivity contribution in [3.8, 4) is 5.75 Å². The second-order valence-corrected chi connectivity index (χ2v) is 6.00. The molecule has 0 bridgehead atoms. The molecule has 5 nitrogen and oxygen atoms in total. The molecule has 0 aliphatic carbocycles. The molecule has 0 radical (unpaired) electrons. The molecular weight excluding hydrogens is 304 g/mol. The quantitative estimate of drug-likeness (QED) is 0.800. The lowest BCUT2D eigenvalue weighted by Crippen LogP contribution is -2.26. The number of ether oxygens (including phenoxy) is 1. The lowest BCUT2D eigenvalue weighted by molar-refractivity contribution is 0.0948. The maximum atomic E-state index is 12.4. The van der Waals surface area contributed by atoms with Gasteiger partial charge in [-0.1, -0.05) is 17.7 Å². The van der Waals surface area contributed by atoms with Crippen LogP contribution in [0.3, 0.4) is 0 Å². The van der Waals surface area contributed by atoms with Crippen molar-refractivity contribution in [2.24, 2.45) is 0 Å². The van der Waals surface area contributed by atoms with E-state index in [0.717, 1.165) is 22.6 Å². The van der Waals surface area contributed by atoms with Gasteiger partial charge in [0.25, 0.3) is 5.91 Å². The van der Waals surface area contributed by atoms with Crippen LogP contribution in [-0.4, -0.2) is 30.3 Å². The summed E-state index contributed by atoms with van der Waals surface area (Å²) in [6, 6.07) is 5.99. The second-order valence-electron chi connectivity index (χ2n) is 6.00. The summed E-state index contributed by atoms with van der Waals surface area (Å²) < 4.78 is 5.35. The van der Waals surface area contributed by atoms with Crippen LogP contribution in [0.2, 0.25) is 0 Å². The largest absolute Gasteiger partial charge is 0.496 e. The topological polar surface area (TPSA) is 71.2 Å². The third-order valence-electron chi connectivity index (χ3n) is 4.13. The van der Waals surface area contributed by atoms with Gasteiger partial charge in [0.1, 0.15) is 11.4 Å². The lowest BCUT2D eigenvalue weighted by atomic mass is 10.1. The van der Waals surface area contributed by atoms with E-state index in [-0.39, 0.29) is 11.7 Å². The number of carbonyl (C=O) groups excluding carboxylic acids is 2. The normalized spacial score (nSPS) is 10.5. The first-order valence-corrected chi connectivity index (χ1v) is 7.97. The Morgan fingerprint density at radius 1 is 1.21 bits per heavy atom. The molecular formula is C19H24N2O3. The summed E-state index contributed by atoms with van der Waals surface area (Å²) in [6.07, 6.45) is 0.675. The third kappa shape index (κ3) is 3.67. The molecule has 0 fully saturated rings. The maximum Gasteiger partial charge on any atom is 0.268 e. The van der Waals surface area contributed by atoms with Gasteiger partial charge in [-0.3, -0.25) is 9.59 Å². The molecule has 1 amide bonds. The molecule has 0 aliphatic heterocycles. The van der Waals surface area contributed by atoms with Crippen LogP contribution < -0.4 is 10.1 Å². The van der Waals surface area contributed by atoms with Crippen molar-refractivity contribution < 1.29 is 14.3 Å². The van der Waals surface area contributed by atoms with Crippen LogP contribution in [0.5, 0.6) is 5.75 Å². The van der Waals surface area contributed by atoms with Crippen LogP contribution in [0.4, 0.5) is 0 Å². The van der Waals surface area contributed by atoms with Crippen molar-refractivity contribution >= 4 is 11.7 Å². The predicted molar refractivity (Wildman–Crippen MR) is 94.0 cm³/mol. The number of amides is 1. The lowest BCUT2D eigenvalue weighted by Gasteiger charge is -2.10. The van der Waals surface area contributed by atoms with E-state index in [9.17, 15) is 9.59 Å². The molecule has 1 aromatic carbocycles. The van der Waals surface area contributed by atoms with Crippen LogP contribution in [0.25, 0.3) is 0 Å². The van der Waals surface area contributed by atoms with Crippen molar-refractivity contribution in [2.45, 2.75) is 34.1 Å². The molecule has 0 saturated carbocycles. The number of rotatable bonds is 6. The number of hydrogen-bond donors (Lipinski definition) is 2. The maximum absolute atomic E-state index is 12.4. The minimum Gasteiger partial charge on any atom is -0.496 e. The number of Topliss-reactive ketones (excluding diaryl/α,β-unsaturated/α-hetero) is 1. The molecule has 2 N–H and O–H groups in total. The number of aryl methyl sites for hydroxylation is 2. The SMILES string of the molecule is COc1ccc(C)cc1CCNC(=O)c1[nH]c(C)c(C(C)=O)c1C. The van der Waals surface area contributed by atoms with Crippen LogP contribution in [0.15, 0.2) is 18.2 Å². The Morgan fingerprint density at radius 3 is 2.50 bits per heavy atom. The van der Waals surface area contributed by atoms with E-state index in [2.05, 4.69) is 16.4 Å². The van der Waals surface area contributed by atoms with Crippen LogP contribution in [-0.2, 0) is 6.42 Å². The smallest absolute Gasteiger partial charge is 0.268 e. The fourth-order valence-corrected chi connectivity index (χ4v) is 3.01. The van der Waals surface area contributed by atoms with E-state index in [1.807, 2.05) is 19.1 Å². The summed E-state index contributed by atoms with van der Waals surface area (Å²) >= 11 is 0. The highest BCUT2D eigenvalue weighted by atomic mass is 16.5. The van der Waals surface area contributed by atoms with Gasteiger partial charge in [0, 0.05) is 17.8 Å². The molecule has 1 aromatic heterocycles. The fraction of sp³-hybridized carbons (Fsp3) is 0.368. The number of nitrogens with one attached hydrogen (secondary N) is 2. The second kappa shape index (κ2) is 7.34. The zero-order valence-electron chi connectivity index (χ0n) is 14.9. The molecule has 0 atom stereocenters. The van der Waals surface area contributed by atoms with E-state index in [4.69, 9.17) is 4.74 Å². The number of carbonyl (C=O) groups is 2. The van der Waals surface area contributed by atoms with Gasteiger partial charge >= 0.3 is 0 Å². The van der Waals surface area contributed by atoms with Gasteiger partial charge in [-0.25, -0.2) is 0 Å². The Labute approximate surface area is 142 Å². The summed E-state index contributed by atoms with van der Waals surface area (Å²) in [5, 5.41) is 2.90. The van der Waals surface area contributed by atoms with Crippen LogP contribution in [0.1, 0.15) is 50.2 Å². The minimum absolute atomic E-state index is 0.0372. The van der Waals surface area contributed by atoms with E-state index < -0.39 is 0 Å². The van der Waals surface area contributed by atoms with E-state index in [0.29, 0.717) is 29.8 Å². The Morgan fingerprint density at radius 2 is 1.92 bits per heavy atom. The molecule has 24 heavy (non-hydrogen) atoms. The number of methoxy groups -OCH3 is 1. The van der Waals surface area contributed by atoms with Crippen molar-refractivity contribution in [3.63, 3.8) is 0 Å². The van der Waals surface area contributed by atoms with Gasteiger partial charge in [-0.2, -0.15) is 0 Å². The summed E-state index contributed by atoms with van der Waals surface area (Å²) in [4.78, 5) is 27.1. The van der Waals surface area contributed by atoms with Gasteiger partial charge in [0.2, 0.25) is 0 Å². The Balaban J connectivity index is 2.06. The van der Waals surface area contributed by atoms with Crippen molar-refractivity contribution in [1.29, 1.82) is 0 Å². The zero-order valence-corrected chi connectivity index (χ0v) is 14.9. The highest BCUT2D eigenvalue weighted by Crippen LogP contribution is 2.20. The molecule has 2 aromatic rings. The van der Waals surface area contributed by atoms with Crippen molar-refractivity contribution in [2.75, 3.05) is 13.7 Å². The average Bonchev–Trinajstić information content (AvgIpc) is 2.82. The first-order chi connectivity index (χ1) is 11.3. The highest BCUT2D eigenvalue weighted by Gasteiger charge is 2.19. The van der Waals surface area contributed by atoms with E-state index in [1.165, 1.54) is 6.92 Å². The van der Waals surface area contributed by atoms with Crippen LogP contribution >= 0.6 is 0 Å². The van der Waals surface area contributed by atoms with E-state index in [1.54, 1.807) is 21.0 Å². The van der Waals surface area contributed by atoms with Gasteiger partial charge in [-0.15, -0.1) is 0 Å². The van der Waals surface area contributed by atoms with Gasteiger partial charge in [0.05, 0.1) is 7.11 Å². The molecule has 2 rings (SSSR count). The zero-order chi connectivity index (χ0) is 17.9. The van der Waals surface area contributed by atoms with E-state index >= 15 is 0 Å². The number of benzene rings is 1. The number of aromatic nitrogens is 1. The summed E-state index contributed by atoms with van der Waals surface area (Å²) in [5.41, 5.74) is 4.69. The third-order valence-corrected chi connectivity index (χ3v) is 4.13. The Hall–Kier alpha value is -2.56. The Bertz CT molecular complexity index is 775. The monoisotopic (exact) mass is 328 g/mol. The van der Waals surface area contributed by atoms with Gasteiger partial charge in [0.15, 0.2) is 5.78 Å². The number of hydrogen-bond acceptors (Lipinski definition) is 3. The van der Waals surface area contributed by atoms with Gasteiger partial charge < -0.3 is 15.0 Å². The summed E-state index contributed by atoms with van der Waals surface area (Å²) in [6.45, 7) is 7.62. The van der Waals surface area contributed by atoms with Gasteiger partial charge in [-0.05, 0) is 51.3 Å². The molecule has 5 heteroatoms. The molecule has 0 saturated heterocycles. The fourth-order valence-electron chi connectivity index (χ4n) is 3.01.